The Bertz CT molecular complexity index is 860. The molecule has 10 heteroatoms. The van der Waals surface area contributed by atoms with Gasteiger partial charge in [0.2, 0.25) is 0 Å². The van der Waals surface area contributed by atoms with E-state index in [1.165, 1.54) is 43.3 Å². The van der Waals surface area contributed by atoms with E-state index in [1.54, 1.807) is 6.07 Å². The van der Waals surface area contributed by atoms with Gasteiger partial charge in [0.1, 0.15) is 11.3 Å². The number of halogens is 2. The van der Waals surface area contributed by atoms with Gasteiger partial charge in [-0.05, 0) is 31.2 Å². The van der Waals surface area contributed by atoms with Crippen LogP contribution in [0, 0.1) is 10.1 Å². The van der Waals surface area contributed by atoms with Crippen LogP contribution in [0.4, 0.5) is 5.69 Å². The highest BCUT2D eigenvalue weighted by Crippen LogP contribution is 2.28. The number of rotatable bonds is 5. The van der Waals surface area contributed by atoms with Gasteiger partial charge < -0.3 is 4.74 Å². The number of benzene rings is 2. The van der Waals surface area contributed by atoms with Gasteiger partial charge >= 0.3 is 0 Å². The molecule has 2 N–H and O–H groups in total. The van der Waals surface area contributed by atoms with Crippen LogP contribution < -0.4 is 15.6 Å². The Morgan fingerprint density at radius 2 is 1.85 bits per heavy atom. The molecule has 0 aliphatic carbocycles. The van der Waals surface area contributed by atoms with Gasteiger partial charge in [0.05, 0.1) is 9.95 Å². The molecule has 26 heavy (non-hydrogen) atoms. The molecule has 0 saturated heterocycles. The fourth-order valence-corrected chi connectivity index (χ4v) is 2.38. The van der Waals surface area contributed by atoms with E-state index in [0.29, 0.717) is 5.02 Å². The molecule has 0 bridgehead atoms. The molecule has 2 rings (SSSR count). The number of hydrogen-bond donors (Lipinski definition) is 2. The van der Waals surface area contributed by atoms with Crippen molar-refractivity contribution in [2.24, 2.45) is 0 Å². The number of para-hydroxylation sites is 1. The first-order valence-electron chi connectivity index (χ1n) is 7.25. The van der Waals surface area contributed by atoms with E-state index >= 15 is 0 Å². The van der Waals surface area contributed by atoms with Crippen molar-refractivity contribution in [3.05, 3.63) is 68.2 Å². The molecule has 0 spiro atoms. The summed E-state index contributed by atoms with van der Waals surface area (Å²) in [6, 6.07) is 9.86. The molecule has 1 atom stereocenters. The van der Waals surface area contributed by atoms with Crippen molar-refractivity contribution < 1.29 is 19.2 Å². The lowest BCUT2D eigenvalue weighted by Crippen LogP contribution is -2.47. The third-order valence-corrected chi connectivity index (χ3v) is 3.74. The van der Waals surface area contributed by atoms with Crippen molar-refractivity contribution in [3.63, 3.8) is 0 Å². The Labute approximate surface area is 158 Å². The molecule has 2 aromatic rings. The van der Waals surface area contributed by atoms with Crippen LogP contribution in [0.2, 0.25) is 10.0 Å². The van der Waals surface area contributed by atoms with Crippen molar-refractivity contribution in [2.45, 2.75) is 13.0 Å². The maximum atomic E-state index is 12.0. The molecule has 0 saturated carbocycles. The molecule has 136 valence electrons. The Morgan fingerprint density at radius 1 is 1.15 bits per heavy atom. The van der Waals surface area contributed by atoms with Crippen LogP contribution in [0.15, 0.2) is 42.5 Å². The summed E-state index contributed by atoms with van der Waals surface area (Å²) in [7, 11) is 0. The van der Waals surface area contributed by atoms with E-state index in [1.807, 2.05) is 0 Å². The SMILES string of the molecule is CC(Oc1ccc(Cl)cc1Cl)C(=O)NNC(=O)c1ccccc1[N+](=O)[O-]. The van der Waals surface area contributed by atoms with Gasteiger partial charge in [0.15, 0.2) is 6.10 Å². The first kappa shape index (κ1) is 19.5. The first-order valence-corrected chi connectivity index (χ1v) is 8.00. The number of nitrogens with zero attached hydrogens (tertiary/aromatic N) is 1. The zero-order chi connectivity index (χ0) is 19.3. The van der Waals surface area contributed by atoms with Gasteiger partial charge in [-0.1, -0.05) is 35.3 Å². The highest BCUT2D eigenvalue weighted by atomic mass is 35.5. The lowest BCUT2D eigenvalue weighted by atomic mass is 10.2. The van der Waals surface area contributed by atoms with Gasteiger partial charge in [-0.25, -0.2) is 0 Å². The fraction of sp³-hybridized carbons (Fsp3) is 0.125. The quantitative estimate of drug-likeness (QED) is 0.594. The summed E-state index contributed by atoms with van der Waals surface area (Å²) < 4.78 is 5.40. The van der Waals surface area contributed by atoms with Gasteiger partial charge in [-0.2, -0.15) is 0 Å². The lowest BCUT2D eigenvalue weighted by Gasteiger charge is -2.16. The number of nitro benzene ring substituents is 1. The van der Waals surface area contributed by atoms with Gasteiger partial charge in [0, 0.05) is 11.1 Å². The van der Waals surface area contributed by atoms with Gasteiger partial charge in [-0.15, -0.1) is 0 Å². The number of hydrogen-bond acceptors (Lipinski definition) is 5. The Balaban J connectivity index is 1.97. The average Bonchev–Trinajstić information content (AvgIpc) is 2.61. The molecule has 2 aromatic carbocycles. The van der Waals surface area contributed by atoms with Gasteiger partial charge in [0.25, 0.3) is 17.5 Å². The second-order valence-electron chi connectivity index (χ2n) is 5.05. The van der Waals surface area contributed by atoms with Gasteiger partial charge in [-0.3, -0.25) is 30.6 Å². The summed E-state index contributed by atoms with van der Waals surface area (Å²) in [6.45, 7) is 1.44. The predicted molar refractivity (Wildman–Crippen MR) is 95.3 cm³/mol. The Morgan fingerprint density at radius 3 is 2.50 bits per heavy atom. The largest absolute Gasteiger partial charge is 0.479 e. The molecular formula is C16H13Cl2N3O5. The maximum absolute atomic E-state index is 12.0. The zero-order valence-corrected chi connectivity index (χ0v) is 14.9. The summed E-state index contributed by atoms with van der Waals surface area (Å²) in [5.41, 5.74) is 3.68. The number of hydrazine groups is 1. The second-order valence-corrected chi connectivity index (χ2v) is 5.90. The highest BCUT2D eigenvalue weighted by molar-refractivity contribution is 6.35. The second kappa shape index (κ2) is 8.50. The van der Waals surface area contributed by atoms with E-state index < -0.39 is 22.8 Å². The van der Waals surface area contributed by atoms with E-state index in [4.69, 9.17) is 27.9 Å². The zero-order valence-electron chi connectivity index (χ0n) is 13.4. The minimum Gasteiger partial charge on any atom is -0.479 e. The van der Waals surface area contributed by atoms with Crippen molar-refractivity contribution in [3.8, 4) is 5.75 Å². The molecule has 1 unspecified atom stereocenters. The molecule has 0 aliphatic rings. The topological polar surface area (TPSA) is 111 Å². The van der Waals surface area contributed by atoms with Crippen molar-refractivity contribution >= 4 is 40.7 Å². The van der Waals surface area contributed by atoms with Crippen LogP contribution in [-0.2, 0) is 4.79 Å². The fourth-order valence-electron chi connectivity index (χ4n) is 1.93. The van der Waals surface area contributed by atoms with Crippen LogP contribution >= 0.6 is 23.2 Å². The molecule has 0 heterocycles. The number of amides is 2. The molecule has 0 aliphatic heterocycles. The van der Waals surface area contributed by atoms with Crippen LogP contribution in [0.1, 0.15) is 17.3 Å². The first-order chi connectivity index (χ1) is 12.3. The molecule has 2 amide bonds. The molecule has 8 nitrogen and oxygen atoms in total. The molecule has 0 fully saturated rings. The van der Waals surface area contributed by atoms with Crippen molar-refractivity contribution in [2.75, 3.05) is 0 Å². The third-order valence-electron chi connectivity index (χ3n) is 3.21. The van der Waals surface area contributed by atoms with Crippen LogP contribution in [0.5, 0.6) is 5.75 Å². The molecule has 0 aromatic heterocycles. The number of nitrogens with one attached hydrogen (secondary N) is 2. The van der Waals surface area contributed by atoms with E-state index in [0.717, 1.165) is 0 Å². The minimum absolute atomic E-state index is 0.188. The maximum Gasteiger partial charge on any atom is 0.282 e. The highest BCUT2D eigenvalue weighted by Gasteiger charge is 2.21. The summed E-state index contributed by atoms with van der Waals surface area (Å²) in [6.07, 6.45) is -1.00. The summed E-state index contributed by atoms with van der Waals surface area (Å²) >= 11 is 11.7. The predicted octanol–water partition coefficient (Wildman–Crippen LogP) is 3.13. The number of carbonyl (C=O) groups is 2. The lowest BCUT2D eigenvalue weighted by molar-refractivity contribution is -0.385. The molecule has 0 radical (unpaired) electrons. The summed E-state index contributed by atoms with van der Waals surface area (Å²) in [5, 5.41) is 11.6. The Kier molecular flexibility index (Phi) is 6.37. The van der Waals surface area contributed by atoms with Crippen LogP contribution in [0.3, 0.4) is 0 Å². The normalized spacial score (nSPS) is 11.3. The minimum atomic E-state index is -1.00. The van der Waals surface area contributed by atoms with Crippen LogP contribution in [-0.4, -0.2) is 22.8 Å². The van der Waals surface area contributed by atoms with E-state index in [2.05, 4.69) is 10.9 Å². The third kappa shape index (κ3) is 4.84. The van der Waals surface area contributed by atoms with Crippen molar-refractivity contribution in [1.82, 2.24) is 10.9 Å². The Hall–Kier alpha value is -2.84. The van der Waals surface area contributed by atoms with E-state index in [-0.39, 0.29) is 22.0 Å². The standard InChI is InChI=1S/C16H13Cl2N3O5/c1-9(26-14-7-6-10(17)8-12(14)18)15(22)19-20-16(23)11-4-2-3-5-13(11)21(24)25/h2-9H,1H3,(H,19,22)(H,20,23). The van der Waals surface area contributed by atoms with Crippen molar-refractivity contribution in [1.29, 1.82) is 0 Å². The number of carbonyl (C=O) groups excluding carboxylic acids is 2. The van der Waals surface area contributed by atoms with Crippen LogP contribution in [0.25, 0.3) is 0 Å². The number of ether oxygens (including phenoxy) is 1. The smallest absolute Gasteiger partial charge is 0.282 e. The van der Waals surface area contributed by atoms with E-state index in [9.17, 15) is 19.7 Å². The summed E-state index contributed by atoms with van der Waals surface area (Å²) in [4.78, 5) is 34.3. The number of nitro groups is 1. The monoisotopic (exact) mass is 397 g/mol. The summed E-state index contributed by atoms with van der Waals surface area (Å²) in [5.74, 6) is -1.27. The average molecular weight is 398 g/mol. The molecular weight excluding hydrogens is 385 g/mol.